The van der Waals surface area contributed by atoms with Crippen LogP contribution < -0.4 is 15.9 Å². The molecule has 56 heavy (non-hydrogen) atoms. The monoisotopic (exact) mass is 731 g/mol. The third-order valence-corrected chi connectivity index (χ3v) is 14.6. The molecule has 0 aliphatic carbocycles. The molecule has 0 saturated carbocycles. The van der Waals surface area contributed by atoms with Crippen LogP contribution >= 0.6 is 7.14 Å². The minimum Gasteiger partial charge on any atom is -0.309 e. The minimum atomic E-state index is -3.34. The molecule has 0 fully saturated rings. The first-order chi connectivity index (χ1) is 27.7. The second-order valence-electron chi connectivity index (χ2n) is 14.5. The van der Waals surface area contributed by atoms with Gasteiger partial charge in [0.15, 0.2) is 7.14 Å². The van der Waals surface area contributed by atoms with Gasteiger partial charge in [-0.2, -0.15) is 0 Å². The fourth-order valence-electron chi connectivity index (χ4n) is 9.08. The molecule has 11 rings (SSSR count). The van der Waals surface area contributed by atoms with E-state index in [0.29, 0.717) is 0 Å². The van der Waals surface area contributed by atoms with Gasteiger partial charge >= 0.3 is 0 Å². The van der Waals surface area contributed by atoms with Crippen LogP contribution in [0.2, 0.25) is 0 Å². The summed E-state index contributed by atoms with van der Waals surface area (Å²) in [6.45, 7) is 0. The lowest BCUT2D eigenvalue weighted by Gasteiger charge is -2.25. The highest BCUT2D eigenvalue weighted by Gasteiger charge is 2.34. The molecule has 1 aromatic heterocycles. The Kier molecular flexibility index (Phi) is 7.49. The molecule has 3 heteroatoms. The largest absolute Gasteiger partial charge is 0.309 e. The van der Waals surface area contributed by atoms with Gasteiger partial charge in [-0.15, -0.1) is 0 Å². The normalized spacial score (nSPS) is 12.0. The number of hydrogen-bond acceptors (Lipinski definition) is 2. The van der Waals surface area contributed by atoms with Gasteiger partial charge in [0.05, 0.1) is 11.2 Å². The molecule has 0 radical (unpaired) electrons. The molecule has 1 heterocycles. The number of pyridine rings is 1. The summed E-state index contributed by atoms with van der Waals surface area (Å²) in [5.41, 5.74) is 5.18. The lowest BCUT2D eigenvalue weighted by atomic mass is 9.88. The van der Waals surface area contributed by atoms with Crippen molar-refractivity contribution in [2.75, 3.05) is 0 Å². The molecule has 0 bridgehead atoms. The van der Waals surface area contributed by atoms with Crippen LogP contribution in [-0.4, -0.2) is 4.98 Å². The maximum Gasteiger partial charge on any atom is 0.172 e. The molecule has 2 nitrogen and oxygen atoms in total. The average molecular weight is 732 g/mol. The summed E-state index contributed by atoms with van der Waals surface area (Å²) < 4.78 is 16.2. The smallest absolute Gasteiger partial charge is 0.172 e. The van der Waals surface area contributed by atoms with Crippen molar-refractivity contribution >= 4 is 87.8 Å². The van der Waals surface area contributed by atoms with Crippen molar-refractivity contribution < 1.29 is 4.57 Å². The lowest BCUT2D eigenvalue weighted by molar-refractivity contribution is 0.593. The number of fused-ring (bicyclic) bond motifs is 10. The Morgan fingerprint density at radius 1 is 0.339 bits per heavy atom. The van der Waals surface area contributed by atoms with Gasteiger partial charge in [-0.25, -0.2) is 4.98 Å². The van der Waals surface area contributed by atoms with Crippen LogP contribution in [-0.2, 0) is 4.57 Å². The average Bonchev–Trinajstić information content (AvgIpc) is 3.28. The summed E-state index contributed by atoms with van der Waals surface area (Å²) in [7, 11) is -3.34. The molecule has 0 amide bonds. The predicted octanol–water partition coefficient (Wildman–Crippen LogP) is 13.0. The zero-order valence-corrected chi connectivity index (χ0v) is 31.3. The lowest BCUT2D eigenvalue weighted by Crippen LogP contribution is -2.26. The highest BCUT2D eigenvalue weighted by atomic mass is 31.2. The van der Waals surface area contributed by atoms with Gasteiger partial charge in [0.2, 0.25) is 0 Å². The number of hydrogen-bond donors (Lipinski definition) is 0. The summed E-state index contributed by atoms with van der Waals surface area (Å²) in [5.74, 6) is 0. The molecular formula is C53H34NOP. The molecule has 10 aromatic carbocycles. The van der Waals surface area contributed by atoms with Crippen molar-refractivity contribution in [1.29, 1.82) is 0 Å². The van der Waals surface area contributed by atoms with E-state index >= 15 is 4.57 Å². The summed E-state index contributed by atoms with van der Waals surface area (Å²) in [4.78, 5) is 5.57. The Balaban J connectivity index is 1.26. The van der Waals surface area contributed by atoms with E-state index in [0.717, 1.165) is 70.7 Å². The van der Waals surface area contributed by atoms with Crippen molar-refractivity contribution in [3.63, 3.8) is 0 Å². The molecule has 0 N–H and O–H groups in total. The van der Waals surface area contributed by atoms with Crippen LogP contribution in [0.5, 0.6) is 0 Å². The van der Waals surface area contributed by atoms with Gasteiger partial charge in [-0.1, -0.05) is 200 Å². The first-order valence-electron chi connectivity index (χ1n) is 19.1. The Hall–Kier alpha value is -6.86. The van der Waals surface area contributed by atoms with Gasteiger partial charge in [-0.3, -0.25) is 0 Å². The molecule has 0 aliphatic rings. The first kappa shape index (κ1) is 32.6. The first-order valence-corrected chi connectivity index (χ1v) is 20.8. The van der Waals surface area contributed by atoms with Gasteiger partial charge in [0, 0.05) is 37.6 Å². The van der Waals surface area contributed by atoms with Crippen molar-refractivity contribution in [2.24, 2.45) is 0 Å². The third kappa shape index (κ3) is 4.83. The van der Waals surface area contributed by atoms with E-state index < -0.39 is 7.14 Å². The van der Waals surface area contributed by atoms with Gasteiger partial charge in [0.1, 0.15) is 0 Å². The zero-order chi connectivity index (χ0) is 37.2. The zero-order valence-electron chi connectivity index (χ0n) is 30.4. The van der Waals surface area contributed by atoms with Crippen molar-refractivity contribution in [2.45, 2.75) is 0 Å². The van der Waals surface area contributed by atoms with Gasteiger partial charge in [0.25, 0.3) is 0 Å². The van der Waals surface area contributed by atoms with Crippen LogP contribution in [0.1, 0.15) is 0 Å². The highest BCUT2D eigenvalue weighted by Crippen LogP contribution is 2.50. The van der Waals surface area contributed by atoms with E-state index in [9.17, 15) is 0 Å². The van der Waals surface area contributed by atoms with Crippen molar-refractivity contribution in [1.82, 2.24) is 4.98 Å². The van der Waals surface area contributed by atoms with E-state index in [1.807, 2.05) is 60.7 Å². The fourth-order valence-corrected chi connectivity index (χ4v) is 12.1. The Morgan fingerprint density at radius 3 is 1.30 bits per heavy atom. The van der Waals surface area contributed by atoms with Crippen LogP contribution in [0.4, 0.5) is 0 Å². The predicted molar refractivity (Wildman–Crippen MR) is 240 cm³/mol. The van der Waals surface area contributed by atoms with Crippen LogP contribution in [0.3, 0.4) is 0 Å². The van der Waals surface area contributed by atoms with E-state index in [2.05, 4.69) is 146 Å². The number of benzene rings is 10. The van der Waals surface area contributed by atoms with E-state index in [1.165, 1.54) is 32.3 Å². The Labute approximate surface area is 324 Å². The van der Waals surface area contributed by atoms with E-state index in [-0.39, 0.29) is 0 Å². The maximum absolute atomic E-state index is 16.2. The van der Waals surface area contributed by atoms with Gasteiger partial charge in [-0.05, 0) is 60.3 Å². The number of nitrogens with zero attached hydrogens (tertiary/aromatic N) is 1. The molecular weight excluding hydrogens is 698 g/mol. The second kappa shape index (κ2) is 12.9. The summed E-state index contributed by atoms with van der Waals surface area (Å²) in [6.07, 6.45) is 0. The summed E-state index contributed by atoms with van der Waals surface area (Å²) >= 11 is 0. The Morgan fingerprint density at radius 2 is 0.768 bits per heavy atom. The summed E-state index contributed by atoms with van der Waals surface area (Å²) in [5, 5.41) is 15.0. The molecule has 0 aliphatic heterocycles. The standard InChI is InChI=1S/C53H34NOP/c55-56(37-20-6-2-7-21-37,38-22-8-3-9-23-38)53-45-30-16-14-28-43(45)49(44-29-15-17-31-46(44)53)36-32-33-47-48(34-36)54-52(35-18-4-1-5-19-35)51-42-27-13-11-25-40(42)39-24-10-12-26-41(39)50(47)51/h1-34H. The quantitative estimate of drug-likeness (QED) is 0.100. The van der Waals surface area contributed by atoms with E-state index in [1.54, 1.807) is 0 Å². The number of rotatable bonds is 5. The highest BCUT2D eigenvalue weighted by molar-refractivity contribution is 7.86. The fraction of sp³-hybridized carbons (Fsp3) is 0. The summed E-state index contributed by atoms with van der Waals surface area (Å²) in [6, 6.07) is 71.9. The number of aromatic nitrogens is 1. The maximum atomic E-state index is 16.2. The molecule has 262 valence electrons. The van der Waals surface area contributed by atoms with Crippen LogP contribution in [0.15, 0.2) is 206 Å². The topological polar surface area (TPSA) is 30.0 Å². The van der Waals surface area contributed by atoms with Crippen LogP contribution in [0.25, 0.3) is 87.1 Å². The minimum absolute atomic E-state index is 0.823. The molecule has 0 saturated heterocycles. The van der Waals surface area contributed by atoms with Crippen molar-refractivity contribution in [3.8, 4) is 22.4 Å². The van der Waals surface area contributed by atoms with Crippen LogP contribution in [0, 0.1) is 0 Å². The molecule has 0 unspecified atom stereocenters. The van der Waals surface area contributed by atoms with Crippen molar-refractivity contribution in [3.05, 3.63) is 206 Å². The molecule has 0 spiro atoms. The SMILES string of the molecule is O=P(c1ccccc1)(c1ccccc1)c1c2ccccc2c(-c2ccc3c(c2)nc(-c2ccccc2)c2c4ccccc4c4ccccc4c32)c2ccccc12. The van der Waals surface area contributed by atoms with Gasteiger partial charge < -0.3 is 4.57 Å². The molecule has 0 atom stereocenters. The Bertz CT molecular complexity index is 3280. The molecule has 11 aromatic rings. The second-order valence-corrected chi connectivity index (χ2v) is 17.2. The van der Waals surface area contributed by atoms with E-state index in [4.69, 9.17) is 4.98 Å². The third-order valence-electron chi connectivity index (χ3n) is 11.5.